The third-order valence-electron chi connectivity index (χ3n) is 4.32. The Morgan fingerprint density at radius 3 is 2.86 bits per heavy atom. The highest BCUT2D eigenvalue weighted by atomic mass is 32.1. The van der Waals surface area contributed by atoms with Crippen LogP contribution in [0, 0.1) is 5.92 Å². The van der Waals surface area contributed by atoms with Crippen LogP contribution in [0.1, 0.15) is 35.4 Å². The van der Waals surface area contributed by atoms with Crippen LogP contribution in [-0.2, 0) is 4.79 Å². The van der Waals surface area contributed by atoms with E-state index in [2.05, 4.69) is 5.32 Å². The van der Waals surface area contributed by atoms with Crippen molar-refractivity contribution >= 4 is 23.2 Å². The van der Waals surface area contributed by atoms with Gasteiger partial charge in [0.1, 0.15) is 6.04 Å². The summed E-state index contributed by atoms with van der Waals surface area (Å²) in [6.45, 7) is 1.13. The van der Waals surface area contributed by atoms with E-state index in [-0.39, 0.29) is 23.9 Å². The predicted molar refractivity (Wildman–Crippen MR) is 82.1 cm³/mol. The highest BCUT2D eigenvalue weighted by molar-refractivity contribution is 7.12. The molecule has 2 heterocycles. The summed E-state index contributed by atoms with van der Waals surface area (Å²) in [6.07, 6.45) is 3.91. The van der Waals surface area contributed by atoms with Crippen LogP contribution < -0.4 is 11.1 Å². The number of nitrogens with zero attached hydrogens (tertiary/aromatic N) is 1. The maximum absolute atomic E-state index is 12.5. The number of nitrogens with one attached hydrogen (secondary N) is 1. The van der Waals surface area contributed by atoms with Crippen molar-refractivity contribution in [2.24, 2.45) is 11.7 Å². The van der Waals surface area contributed by atoms with E-state index in [1.54, 1.807) is 4.90 Å². The number of amides is 2. The van der Waals surface area contributed by atoms with Crippen molar-refractivity contribution in [3.63, 3.8) is 0 Å². The standard InChI is InChI=1S/C15H21N3O2S/c16-9-11(10-5-6-10)17-14(19)12-3-1-7-18(12)15(20)13-4-2-8-21-13/h2,4,8,10-12H,1,3,5-7,9,16H2,(H,17,19). The van der Waals surface area contributed by atoms with Crippen LogP contribution in [0.5, 0.6) is 0 Å². The molecular formula is C15H21N3O2S. The molecule has 2 aliphatic rings. The molecule has 1 saturated heterocycles. The van der Waals surface area contributed by atoms with E-state index in [0.717, 1.165) is 25.7 Å². The van der Waals surface area contributed by atoms with Gasteiger partial charge >= 0.3 is 0 Å². The van der Waals surface area contributed by atoms with E-state index in [4.69, 9.17) is 5.73 Å². The van der Waals surface area contributed by atoms with Gasteiger partial charge in [0.25, 0.3) is 5.91 Å². The minimum atomic E-state index is -0.340. The quantitative estimate of drug-likeness (QED) is 0.858. The number of thiophene rings is 1. The van der Waals surface area contributed by atoms with Gasteiger partial charge in [-0.15, -0.1) is 11.3 Å². The van der Waals surface area contributed by atoms with Crippen LogP contribution in [-0.4, -0.2) is 41.9 Å². The first-order valence-electron chi connectivity index (χ1n) is 7.55. The zero-order chi connectivity index (χ0) is 14.8. The van der Waals surface area contributed by atoms with Crippen molar-refractivity contribution in [3.05, 3.63) is 22.4 Å². The van der Waals surface area contributed by atoms with Gasteiger partial charge in [0.2, 0.25) is 5.91 Å². The Kier molecular flexibility index (Phi) is 4.26. The molecule has 1 saturated carbocycles. The topological polar surface area (TPSA) is 75.4 Å². The monoisotopic (exact) mass is 307 g/mol. The molecule has 0 radical (unpaired) electrons. The molecule has 1 aromatic heterocycles. The van der Waals surface area contributed by atoms with Crippen molar-refractivity contribution in [2.75, 3.05) is 13.1 Å². The van der Waals surface area contributed by atoms with Crippen molar-refractivity contribution in [3.8, 4) is 0 Å². The molecule has 3 N–H and O–H groups in total. The van der Waals surface area contributed by atoms with Gasteiger partial charge < -0.3 is 16.0 Å². The highest BCUT2D eigenvalue weighted by Gasteiger charge is 2.38. The first-order valence-corrected chi connectivity index (χ1v) is 8.43. The Labute approximate surface area is 128 Å². The molecule has 2 fully saturated rings. The van der Waals surface area contributed by atoms with Crippen LogP contribution in [0.15, 0.2) is 17.5 Å². The Hall–Kier alpha value is -1.40. The van der Waals surface area contributed by atoms with Gasteiger partial charge in [-0.1, -0.05) is 6.07 Å². The molecule has 21 heavy (non-hydrogen) atoms. The fourth-order valence-electron chi connectivity index (χ4n) is 2.97. The third-order valence-corrected chi connectivity index (χ3v) is 5.18. The zero-order valence-electron chi connectivity index (χ0n) is 12.0. The third kappa shape index (κ3) is 3.11. The van der Waals surface area contributed by atoms with E-state index >= 15 is 0 Å². The lowest BCUT2D eigenvalue weighted by atomic mass is 10.1. The van der Waals surface area contributed by atoms with Crippen LogP contribution in [0.3, 0.4) is 0 Å². The maximum Gasteiger partial charge on any atom is 0.264 e. The van der Waals surface area contributed by atoms with Gasteiger partial charge in [0.05, 0.1) is 4.88 Å². The summed E-state index contributed by atoms with van der Waals surface area (Å²) in [5.74, 6) is 0.458. The number of hydrogen-bond acceptors (Lipinski definition) is 4. The minimum Gasteiger partial charge on any atom is -0.350 e. The molecule has 3 rings (SSSR count). The summed E-state index contributed by atoms with van der Waals surface area (Å²) < 4.78 is 0. The zero-order valence-corrected chi connectivity index (χ0v) is 12.8. The van der Waals surface area contributed by atoms with Gasteiger partial charge in [-0.05, 0) is 43.0 Å². The minimum absolute atomic E-state index is 0.0293. The second-order valence-electron chi connectivity index (χ2n) is 5.82. The first-order chi connectivity index (χ1) is 10.2. The van der Waals surface area contributed by atoms with Gasteiger partial charge in [0, 0.05) is 19.1 Å². The summed E-state index contributed by atoms with van der Waals surface area (Å²) in [7, 11) is 0. The van der Waals surface area contributed by atoms with Gasteiger partial charge in [-0.2, -0.15) is 0 Å². The largest absolute Gasteiger partial charge is 0.350 e. The van der Waals surface area contributed by atoms with E-state index in [1.165, 1.54) is 11.3 Å². The summed E-state index contributed by atoms with van der Waals surface area (Å²) in [4.78, 5) is 27.3. The molecule has 1 aliphatic carbocycles. The maximum atomic E-state index is 12.5. The molecule has 0 spiro atoms. The van der Waals surface area contributed by atoms with Crippen LogP contribution in [0.4, 0.5) is 0 Å². The lowest BCUT2D eigenvalue weighted by Gasteiger charge is -2.26. The molecule has 1 aliphatic heterocycles. The predicted octanol–water partition coefficient (Wildman–Crippen LogP) is 1.21. The molecule has 5 nitrogen and oxygen atoms in total. The van der Waals surface area contributed by atoms with Gasteiger partial charge in [-0.3, -0.25) is 9.59 Å². The summed E-state index contributed by atoms with van der Waals surface area (Å²) in [5.41, 5.74) is 5.74. The number of carbonyl (C=O) groups excluding carboxylic acids is 2. The Balaban J connectivity index is 1.65. The Morgan fingerprint density at radius 2 is 2.24 bits per heavy atom. The highest BCUT2D eigenvalue weighted by Crippen LogP contribution is 2.32. The lowest BCUT2D eigenvalue weighted by molar-refractivity contribution is -0.125. The second-order valence-corrected chi connectivity index (χ2v) is 6.77. The fourth-order valence-corrected chi connectivity index (χ4v) is 3.65. The van der Waals surface area contributed by atoms with Crippen LogP contribution in [0.2, 0.25) is 0 Å². The number of rotatable bonds is 5. The van der Waals surface area contributed by atoms with E-state index in [0.29, 0.717) is 23.9 Å². The van der Waals surface area contributed by atoms with Gasteiger partial charge in [-0.25, -0.2) is 0 Å². The van der Waals surface area contributed by atoms with Crippen molar-refractivity contribution in [1.29, 1.82) is 0 Å². The number of likely N-dealkylation sites (tertiary alicyclic amines) is 1. The molecular weight excluding hydrogens is 286 g/mol. The number of hydrogen-bond donors (Lipinski definition) is 2. The van der Waals surface area contributed by atoms with Crippen molar-refractivity contribution in [1.82, 2.24) is 10.2 Å². The van der Waals surface area contributed by atoms with Crippen LogP contribution in [0.25, 0.3) is 0 Å². The van der Waals surface area contributed by atoms with Crippen molar-refractivity contribution < 1.29 is 9.59 Å². The molecule has 2 unspecified atom stereocenters. The smallest absolute Gasteiger partial charge is 0.264 e. The summed E-state index contributed by atoms with van der Waals surface area (Å²) in [5, 5.41) is 4.93. The molecule has 0 bridgehead atoms. The molecule has 2 amide bonds. The summed E-state index contributed by atoms with van der Waals surface area (Å²) >= 11 is 1.42. The summed E-state index contributed by atoms with van der Waals surface area (Å²) in [6, 6.07) is 3.40. The van der Waals surface area contributed by atoms with E-state index in [9.17, 15) is 9.59 Å². The van der Waals surface area contributed by atoms with Gasteiger partial charge in [0.15, 0.2) is 0 Å². The first kappa shape index (κ1) is 14.5. The molecule has 114 valence electrons. The average molecular weight is 307 g/mol. The Morgan fingerprint density at radius 1 is 1.43 bits per heavy atom. The molecule has 1 aromatic rings. The lowest BCUT2D eigenvalue weighted by Crippen LogP contribution is -2.51. The SMILES string of the molecule is NCC(NC(=O)C1CCCN1C(=O)c1cccs1)C1CC1. The fraction of sp³-hybridized carbons (Fsp3) is 0.600. The second kappa shape index (κ2) is 6.15. The Bertz CT molecular complexity index is 513. The average Bonchev–Trinajstić information content (AvgIpc) is 3.01. The molecule has 2 atom stereocenters. The number of carbonyl (C=O) groups is 2. The van der Waals surface area contributed by atoms with Crippen LogP contribution >= 0.6 is 11.3 Å². The van der Waals surface area contributed by atoms with E-state index < -0.39 is 0 Å². The molecule has 0 aromatic carbocycles. The molecule has 6 heteroatoms. The van der Waals surface area contributed by atoms with E-state index in [1.807, 2.05) is 17.5 Å². The normalized spacial score (nSPS) is 23.1. The van der Waals surface area contributed by atoms with Crippen molar-refractivity contribution in [2.45, 2.75) is 37.8 Å². The number of nitrogens with two attached hydrogens (primary N) is 1.